The maximum atomic E-state index is 11.6. The average Bonchev–Trinajstić information content (AvgIpc) is 2.78. The molecule has 4 nitrogen and oxygen atoms in total. The average molecular weight is 415 g/mol. The predicted molar refractivity (Wildman–Crippen MR) is 121 cm³/mol. The minimum absolute atomic E-state index is 0.136. The molecule has 0 saturated carbocycles. The van der Waals surface area contributed by atoms with Crippen LogP contribution in [0.25, 0.3) is 6.08 Å². The van der Waals surface area contributed by atoms with Gasteiger partial charge in [-0.15, -0.1) is 0 Å². The molecule has 0 fully saturated rings. The van der Waals surface area contributed by atoms with Crippen molar-refractivity contribution in [1.82, 2.24) is 0 Å². The molecule has 0 saturated heterocycles. The van der Waals surface area contributed by atoms with Gasteiger partial charge in [-0.25, -0.2) is 4.79 Å². The Hall–Kier alpha value is -3.53. The van der Waals surface area contributed by atoms with Gasteiger partial charge in [0, 0.05) is 12.0 Å². The van der Waals surface area contributed by atoms with Crippen molar-refractivity contribution in [2.24, 2.45) is 0 Å². The number of ether oxygens (including phenoxy) is 1. The molecule has 1 aliphatic carbocycles. The number of rotatable bonds is 5. The highest BCUT2D eigenvalue weighted by Gasteiger charge is 2.32. The number of aryl methyl sites for hydroxylation is 1. The van der Waals surface area contributed by atoms with Gasteiger partial charge in [-0.05, 0) is 83.8 Å². The van der Waals surface area contributed by atoms with E-state index in [-0.39, 0.29) is 23.6 Å². The van der Waals surface area contributed by atoms with E-state index in [1.54, 1.807) is 31.2 Å². The first kappa shape index (κ1) is 20.7. The summed E-state index contributed by atoms with van der Waals surface area (Å²) < 4.78 is 4.94. The molecule has 0 radical (unpaired) electrons. The fraction of sp³-hybridized carbons (Fsp3) is 0.222. The highest BCUT2D eigenvalue weighted by atomic mass is 16.5. The van der Waals surface area contributed by atoms with E-state index in [1.807, 2.05) is 36.4 Å². The molecular weight excluding hydrogens is 388 g/mol. The van der Waals surface area contributed by atoms with E-state index in [9.17, 15) is 15.0 Å². The van der Waals surface area contributed by atoms with Gasteiger partial charge in [-0.3, -0.25) is 0 Å². The number of carbonyl (C=O) groups is 1. The van der Waals surface area contributed by atoms with E-state index in [2.05, 4.69) is 12.1 Å². The Kier molecular flexibility index (Phi) is 6.08. The Morgan fingerprint density at radius 2 is 1.65 bits per heavy atom. The molecule has 0 aromatic heterocycles. The Balaban J connectivity index is 1.69. The molecule has 1 aliphatic rings. The summed E-state index contributed by atoms with van der Waals surface area (Å²) in [5.41, 5.74) is 5.69. The van der Waals surface area contributed by atoms with Crippen molar-refractivity contribution in [1.29, 1.82) is 0 Å². The third-order valence-corrected chi connectivity index (χ3v) is 5.90. The molecule has 4 heteroatoms. The van der Waals surface area contributed by atoms with Crippen LogP contribution in [-0.2, 0) is 16.0 Å². The Morgan fingerprint density at radius 3 is 2.35 bits per heavy atom. The number of carbonyl (C=O) groups excluding carboxylic acids is 1. The lowest BCUT2D eigenvalue weighted by molar-refractivity contribution is -0.137. The van der Waals surface area contributed by atoms with Crippen LogP contribution in [0.4, 0.5) is 0 Å². The minimum Gasteiger partial charge on any atom is -0.508 e. The second kappa shape index (κ2) is 9.09. The monoisotopic (exact) mass is 414 g/mol. The number of phenolic OH excluding ortho intramolecular Hbond substituents is 2. The molecule has 0 spiro atoms. The van der Waals surface area contributed by atoms with Gasteiger partial charge in [0.25, 0.3) is 0 Å². The summed E-state index contributed by atoms with van der Waals surface area (Å²) in [6.07, 6.45) is 5.05. The van der Waals surface area contributed by atoms with Crippen molar-refractivity contribution in [3.63, 3.8) is 0 Å². The summed E-state index contributed by atoms with van der Waals surface area (Å²) in [5.74, 6) is 0.606. The van der Waals surface area contributed by atoms with Gasteiger partial charge in [-0.2, -0.15) is 0 Å². The molecule has 2 atom stereocenters. The maximum Gasteiger partial charge on any atom is 0.330 e. The lowest BCUT2D eigenvalue weighted by Gasteiger charge is -2.35. The fourth-order valence-electron chi connectivity index (χ4n) is 4.47. The molecule has 0 unspecified atom stereocenters. The van der Waals surface area contributed by atoms with Gasteiger partial charge >= 0.3 is 5.97 Å². The van der Waals surface area contributed by atoms with Crippen LogP contribution in [0.2, 0.25) is 0 Å². The van der Waals surface area contributed by atoms with E-state index in [0.29, 0.717) is 12.4 Å². The zero-order valence-corrected chi connectivity index (χ0v) is 17.5. The lowest BCUT2D eigenvalue weighted by atomic mass is 9.69. The summed E-state index contributed by atoms with van der Waals surface area (Å²) in [6.45, 7) is 2.14. The van der Waals surface area contributed by atoms with Crippen molar-refractivity contribution in [2.75, 3.05) is 6.61 Å². The Morgan fingerprint density at radius 1 is 0.968 bits per heavy atom. The fourth-order valence-corrected chi connectivity index (χ4v) is 4.47. The van der Waals surface area contributed by atoms with Crippen molar-refractivity contribution in [2.45, 2.75) is 31.6 Å². The highest BCUT2D eigenvalue weighted by Crippen LogP contribution is 2.47. The van der Waals surface area contributed by atoms with Gasteiger partial charge < -0.3 is 14.9 Å². The largest absolute Gasteiger partial charge is 0.508 e. The SMILES string of the molecule is CCOC(=O)C=Cc1ccc([C@@H]2c3ccc(O)cc3CC[C@@H]2c2ccc(O)cc2)cc1. The molecule has 0 heterocycles. The molecule has 0 aliphatic heterocycles. The smallest absolute Gasteiger partial charge is 0.330 e. The van der Waals surface area contributed by atoms with Crippen molar-refractivity contribution in [3.05, 3.63) is 101 Å². The maximum absolute atomic E-state index is 11.6. The van der Waals surface area contributed by atoms with Crippen LogP contribution in [0.5, 0.6) is 11.5 Å². The molecule has 0 amide bonds. The number of aromatic hydroxyl groups is 2. The number of hydrogen-bond donors (Lipinski definition) is 2. The third kappa shape index (κ3) is 4.64. The van der Waals surface area contributed by atoms with Crippen LogP contribution in [0.3, 0.4) is 0 Å². The summed E-state index contributed by atoms with van der Waals surface area (Å²) in [5, 5.41) is 19.7. The molecule has 2 N–H and O–H groups in total. The molecule has 3 aromatic rings. The topological polar surface area (TPSA) is 66.8 Å². The normalized spacial score (nSPS) is 18.0. The van der Waals surface area contributed by atoms with E-state index in [4.69, 9.17) is 4.74 Å². The van der Waals surface area contributed by atoms with Crippen LogP contribution in [0.15, 0.2) is 72.8 Å². The summed E-state index contributed by atoms with van der Waals surface area (Å²) in [4.78, 5) is 11.6. The predicted octanol–water partition coefficient (Wildman–Crippen LogP) is 5.54. The molecule has 4 rings (SSSR count). The number of fused-ring (bicyclic) bond motifs is 1. The van der Waals surface area contributed by atoms with Crippen molar-refractivity contribution < 1.29 is 19.7 Å². The second-order valence-electron chi connectivity index (χ2n) is 7.85. The van der Waals surface area contributed by atoms with Crippen LogP contribution in [-0.4, -0.2) is 22.8 Å². The molecule has 158 valence electrons. The first-order valence-electron chi connectivity index (χ1n) is 10.6. The van der Waals surface area contributed by atoms with Gasteiger partial charge in [-0.1, -0.05) is 42.5 Å². The van der Waals surface area contributed by atoms with Gasteiger partial charge in [0.2, 0.25) is 0 Å². The van der Waals surface area contributed by atoms with E-state index in [0.717, 1.165) is 18.4 Å². The Bertz CT molecular complexity index is 1080. The minimum atomic E-state index is -0.347. The van der Waals surface area contributed by atoms with Crippen molar-refractivity contribution >= 4 is 12.0 Å². The number of esters is 1. The van der Waals surface area contributed by atoms with Crippen LogP contribution in [0.1, 0.15) is 53.0 Å². The Labute approximate surface area is 182 Å². The quantitative estimate of drug-likeness (QED) is 0.425. The van der Waals surface area contributed by atoms with Gasteiger partial charge in [0.1, 0.15) is 11.5 Å². The molecule has 3 aromatic carbocycles. The molecule has 0 bridgehead atoms. The van der Waals surface area contributed by atoms with E-state index in [1.165, 1.54) is 28.3 Å². The molecular formula is C27H26O4. The first-order valence-corrected chi connectivity index (χ1v) is 10.6. The van der Waals surface area contributed by atoms with Gasteiger partial charge in [0.05, 0.1) is 6.61 Å². The number of phenols is 2. The lowest BCUT2D eigenvalue weighted by Crippen LogP contribution is -2.20. The van der Waals surface area contributed by atoms with E-state index >= 15 is 0 Å². The van der Waals surface area contributed by atoms with Crippen LogP contribution in [0, 0.1) is 0 Å². The third-order valence-electron chi connectivity index (χ3n) is 5.90. The zero-order valence-electron chi connectivity index (χ0n) is 17.5. The highest BCUT2D eigenvalue weighted by molar-refractivity contribution is 5.87. The standard InChI is InChI=1S/C27H26O4/c1-2-31-26(30)16-5-18-3-6-20(7-4-18)27-24(19-8-11-22(28)12-9-19)14-10-21-17-23(29)13-15-25(21)27/h3-9,11-13,15-17,24,27-29H,2,10,14H2,1H3/t24-,27+/m1/s1. The summed E-state index contributed by atoms with van der Waals surface area (Å²) >= 11 is 0. The summed E-state index contributed by atoms with van der Waals surface area (Å²) in [7, 11) is 0. The first-order chi connectivity index (χ1) is 15.0. The number of benzene rings is 3. The van der Waals surface area contributed by atoms with Crippen molar-refractivity contribution in [3.8, 4) is 11.5 Å². The van der Waals surface area contributed by atoms with Gasteiger partial charge in [0.15, 0.2) is 0 Å². The second-order valence-corrected chi connectivity index (χ2v) is 7.85. The van der Waals surface area contributed by atoms with Crippen LogP contribution >= 0.6 is 0 Å². The molecule has 31 heavy (non-hydrogen) atoms. The number of hydrogen-bond acceptors (Lipinski definition) is 4. The summed E-state index contributed by atoms with van der Waals surface area (Å²) in [6, 6.07) is 21.3. The zero-order chi connectivity index (χ0) is 21.8. The van der Waals surface area contributed by atoms with E-state index < -0.39 is 0 Å². The van der Waals surface area contributed by atoms with Crippen LogP contribution < -0.4 is 0 Å².